The number of ether oxygens (including phenoxy) is 1. The second-order valence-electron chi connectivity index (χ2n) is 8.29. The van der Waals surface area contributed by atoms with E-state index in [0.717, 1.165) is 57.8 Å². The highest BCUT2D eigenvalue weighted by Gasteiger charge is 2.25. The zero-order chi connectivity index (χ0) is 19.6. The van der Waals surface area contributed by atoms with Gasteiger partial charge in [0.1, 0.15) is 0 Å². The Labute approximate surface area is 165 Å². The molecule has 6 nitrogen and oxygen atoms in total. The van der Waals surface area contributed by atoms with Crippen molar-refractivity contribution in [2.45, 2.75) is 65.3 Å². The van der Waals surface area contributed by atoms with E-state index in [9.17, 15) is 9.59 Å². The van der Waals surface area contributed by atoms with Gasteiger partial charge in [-0.15, -0.1) is 0 Å². The summed E-state index contributed by atoms with van der Waals surface area (Å²) in [6, 6.07) is 0.558. The van der Waals surface area contributed by atoms with Gasteiger partial charge in [-0.3, -0.25) is 9.59 Å². The van der Waals surface area contributed by atoms with Crippen molar-refractivity contribution in [3.63, 3.8) is 0 Å². The van der Waals surface area contributed by atoms with E-state index < -0.39 is 0 Å². The first-order valence-electron chi connectivity index (χ1n) is 10.9. The van der Waals surface area contributed by atoms with Crippen molar-refractivity contribution in [2.24, 2.45) is 11.8 Å². The molecule has 2 aliphatic rings. The average Bonchev–Trinajstić information content (AvgIpc) is 2.70. The van der Waals surface area contributed by atoms with Crippen LogP contribution < -0.4 is 5.32 Å². The van der Waals surface area contributed by atoms with Gasteiger partial charge in [-0.25, -0.2) is 0 Å². The van der Waals surface area contributed by atoms with Gasteiger partial charge in [-0.1, -0.05) is 13.3 Å². The Balaban J connectivity index is 1.49. The van der Waals surface area contributed by atoms with Crippen LogP contribution in [0.15, 0.2) is 0 Å². The number of carbonyl (C=O) groups excluding carboxylic acids is 2. The van der Waals surface area contributed by atoms with Gasteiger partial charge in [0.25, 0.3) is 0 Å². The van der Waals surface area contributed by atoms with E-state index >= 15 is 0 Å². The van der Waals surface area contributed by atoms with Crippen LogP contribution in [0, 0.1) is 11.8 Å². The molecule has 2 aliphatic heterocycles. The number of nitrogens with zero attached hydrogens (tertiary/aromatic N) is 2. The lowest BCUT2D eigenvalue weighted by atomic mass is 9.94. The Morgan fingerprint density at radius 1 is 1.04 bits per heavy atom. The van der Waals surface area contributed by atoms with Gasteiger partial charge in [0.15, 0.2) is 0 Å². The lowest BCUT2D eigenvalue weighted by molar-refractivity contribution is -0.134. The van der Waals surface area contributed by atoms with E-state index in [4.69, 9.17) is 4.74 Å². The normalized spacial score (nSPS) is 20.2. The number of hydrogen-bond acceptors (Lipinski definition) is 4. The van der Waals surface area contributed by atoms with Gasteiger partial charge in [-0.2, -0.15) is 0 Å². The molecule has 2 amide bonds. The Morgan fingerprint density at radius 2 is 1.70 bits per heavy atom. The van der Waals surface area contributed by atoms with E-state index in [2.05, 4.69) is 31.0 Å². The molecule has 0 aliphatic carbocycles. The smallest absolute Gasteiger partial charge is 0.224 e. The molecule has 27 heavy (non-hydrogen) atoms. The second kappa shape index (κ2) is 11.6. The summed E-state index contributed by atoms with van der Waals surface area (Å²) >= 11 is 0. The SMILES string of the molecule is CCC1CCN(C(=O)CCOCCNC(=O)C2CCN(C(C)C)CC2)CC1. The third-order valence-electron chi connectivity index (χ3n) is 6.18. The highest BCUT2D eigenvalue weighted by Crippen LogP contribution is 2.20. The molecule has 0 spiro atoms. The summed E-state index contributed by atoms with van der Waals surface area (Å²) in [6.07, 6.45) is 5.80. The standard InChI is InChI=1S/C21H39N3O3/c1-4-18-5-11-24(12-6-18)20(25)9-15-27-16-10-22-21(26)19-7-13-23(14-8-19)17(2)3/h17-19H,4-16H2,1-3H3,(H,22,26). The summed E-state index contributed by atoms with van der Waals surface area (Å²) in [5, 5.41) is 2.98. The molecule has 6 heteroatoms. The van der Waals surface area contributed by atoms with Gasteiger partial charge in [0, 0.05) is 31.6 Å². The molecule has 0 bridgehead atoms. The summed E-state index contributed by atoms with van der Waals surface area (Å²) in [6.45, 7) is 11.9. The van der Waals surface area contributed by atoms with Crippen LogP contribution in [0.4, 0.5) is 0 Å². The minimum Gasteiger partial charge on any atom is -0.379 e. The highest BCUT2D eigenvalue weighted by molar-refractivity contribution is 5.78. The Bertz CT molecular complexity index is 454. The monoisotopic (exact) mass is 381 g/mol. The fraction of sp³-hybridized carbons (Fsp3) is 0.905. The maximum absolute atomic E-state index is 12.2. The van der Waals surface area contributed by atoms with Crippen LogP contribution in [-0.2, 0) is 14.3 Å². The van der Waals surface area contributed by atoms with Crippen molar-refractivity contribution < 1.29 is 14.3 Å². The Morgan fingerprint density at radius 3 is 2.30 bits per heavy atom. The van der Waals surface area contributed by atoms with Crippen molar-refractivity contribution in [1.29, 1.82) is 0 Å². The van der Waals surface area contributed by atoms with Crippen molar-refractivity contribution >= 4 is 11.8 Å². The summed E-state index contributed by atoms with van der Waals surface area (Å²) < 4.78 is 5.55. The Kier molecular flexibility index (Phi) is 9.56. The molecular formula is C21H39N3O3. The molecule has 0 radical (unpaired) electrons. The van der Waals surface area contributed by atoms with Crippen LogP contribution in [0.1, 0.15) is 59.3 Å². The molecule has 0 saturated carbocycles. The first kappa shape index (κ1) is 22.2. The van der Waals surface area contributed by atoms with Crippen molar-refractivity contribution in [2.75, 3.05) is 45.9 Å². The van der Waals surface area contributed by atoms with E-state index in [1.54, 1.807) is 0 Å². The molecular weight excluding hydrogens is 342 g/mol. The van der Waals surface area contributed by atoms with Gasteiger partial charge in [-0.05, 0) is 58.5 Å². The maximum atomic E-state index is 12.2. The molecule has 1 N–H and O–H groups in total. The van der Waals surface area contributed by atoms with E-state index in [1.165, 1.54) is 6.42 Å². The van der Waals surface area contributed by atoms with Crippen LogP contribution in [0.25, 0.3) is 0 Å². The predicted octanol–water partition coefficient (Wildman–Crippen LogP) is 2.28. The molecule has 2 saturated heterocycles. The predicted molar refractivity (Wildman–Crippen MR) is 107 cm³/mol. The minimum atomic E-state index is 0.132. The van der Waals surface area contributed by atoms with Crippen molar-refractivity contribution in [1.82, 2.24) is 15.1 Å². The Hall–Kier alpha value is -1.14. The third-order valence-corrected chi connectivity index (χ3v) is 6.18. The van der Waals surface area contributed by atoms with E-state index in [0.29, 0.717) is 32.2 Å². The van der Waals surface area contributed by atoms with Gasteiger partial charge in [0.05, 0.1) is 19.6 Å². The largest absolute Gasteiger partial charge is 0.379 e. The fourth-order valence-electron chi connectivity index (χ4n) is 4.08. The molecule has 2 rings (SSSR count). The number of carbonyl (C=O) groups is 2. The summed E-state index contributed by atoms with van der Waals surface area (Å²) in [5.74, 6) is 1.27. The fourth-order valence-corrected chi connectivity index (χ4v) is 4.08. The van der Waals surface area contributed by atoms with Gasteiger partial charge >= 0.3 is 0 Å². The lowest BCUT2D eigenvalue weighted by Gasteiger charge is -2.33. The van der Waals surface area contributed by atoms with Crippen LogP contribution in [0.2, 0.25) is 0 Å². The van der Waals surface area contributed by atoms with E-state index in [-0.39, 0.29) is 17.7 Å². The molecule has 0 aromatic rings. The number of nitrogens with one attached hydrogen (secondary N) is 1. The first-order valence-corrected chi connectivity index (χ1v) is 10.9. The average molecular weight is 382 g/mol. The van der Waals surface area contributed by atoms with Crippen LogP contribution in [0.3, 0.4) is 0 Å². The summed E-state index contributed by atoms with van der Waals surface area (Å²) in [5.41, 5.74) is 0. The number of rotatable bonds is 9. The maximum Gasteiger partial charge on any atom is 0.224 e. The molecule has 2 heterocycles. The van der Waals surface area contributed by atoms with Crippen molar-refractivity contribution in [3.05, 3.63) is 0 Å². The number of amides is 2. The van der Waals surface area contributed by atoms with Crippen LogP contribution in [0.5, 0.6) is 0 Å². The molecule has 0 unspecified atom stereocenters. The molecule has 2 fully saturated rings. The molecule has 156 valence electrons. The van der Waals surface area contributed by atoms with Crippen LogP contribution >= 0.6 is 0 Å². The van der Waals surface area contributed by atoms with E-state index in [1.807, 2.05) is 4.90 Å². The van der Waals surface area contributed by atoms with Crippen molar-refractivity contribution in [3.8, 4) is 0 Å². The first-order chi connectivity index (χ1) is 13.0. The van der Waals surface area contributed by atoms with Crippen LogP contribution in [-0.4, -0.2) is 73.6 Å². The molecule has 0 atom stereocenters. The highest BCUT2D eigenvalue weighted by atomic mass is 16.5. The zero-order valence-electron chi connectivity index (χ0n) is 17.5. The van der Waals surface area contributed by atoms with Gasteiger partial charge < -0.3 is 19.9 Å². The number of piperidine rings is 2. The molecule has 0 aromatic heterocycles. The number of likely N-dealkylation sites (tertiary alicyclic amines) is 2. The topological polar surface area (TPSA) is 61.9 Å². The zero-order valence-corrected chi connectivity index (χ0v) is 17.5. The summed E-state index contributed by atoms with van der Waals surface area (Å²) in [7, 11) is 0. The quantitative estimate of drug-likeness (QED) is 0.623. The lowest BCUT2D eigenvalue weighted by Crippen LogP contribution is -2.43. The third kappa shape index (κ3) is 7.41. The minimum absolute atomic E-state index is 0.132. The summed E-state index contributed by atoms with van der Waals surface area (Å²) in [4.78, 5) is 28.8. The number of hydrogen-bond donors (Lipinski definition) is 1. The van der Waals surface area contributed by atoms with Gasteiger partial charge in [0.2, 0.25) is 11.8 Å². The second-order valence-corrected chi connectivity index (χ2v) is 8.29. The molecule has 0 aromatic carbocycles.